The van der Waals surface area contributed by atoms with Gasteiger partial charge in [-0.1, -0.05) is 12.2 Å². The molecule has 0 aromatic carbocycles. The number of aliphatic hydroxyl groups excluding tert-OH is 2. The number of aromatic amines is 1. The lowest BCUT2D eigenvalue weighted by molar-refractivity contribution is -0.0543. The fourth-order valence-corrected chi connectivity index (χ4v) is 5.77. The van der Waals surface area contributed by atoms with Gasteiger partial charge in [0.05, 0.1) is 6.61 Å². The zero-order valence-corrected chi connectivity index (χ0v) is 18.2. The number of phosphoric acid groups is 3. The molecule has 30 heavy (non-hydrogen) atoms. The Morgan fingerprint density at radius 1 is 1.20 bits per heavy atom. The van der Waals surface area contributed by atoms with Crippen molar-refractivity contribution >= 4 is 35.7 Å². The number of rotatable bonds is 8. The molecular weight excluding hydrogens is 497 g/mol. The number of aromatic nitrogens is 2. The van der Waals surface area contributed by atoms with Crippen LogP contribution in [0.5, 0.6) is 0 Å². The fourth-order valence-electron chi connectivity index (χ4n) is 2.43. The molecule has 1 aromatic heterocycles. The molecule has 2 heterocycles. The van der Waals surface area contributed by atoms with Gasteiger partial charge in [0.15, 0.2) is 6.23 Å². The molecule has 0 amide bonds. The molecule has 172 valence electrons. The highest BCUT2D eigenvalue weighted by Crippen LogP contribution is 2.67. The summed E-state index contributed by atoms with van der Waals surface area (Å²) in [5, 5.41) is 19.5. The molecule has 20 heteroatoms. The Morgan fingerprint density at radius 2 is 1.80 bits per heavy atom. The summed E-state index contributed by atoms with van der Waals surface area (Å²) in [7, 11) is -17.1. The van der Waals surface area contributed by atoms with Crippen molar-refractivity contribution in [3.8, 4) is 0 Å². The number of nitrogens with one attached hydrogen (secondary N) is 1. The van der Waals surface area contributed by atoms with Gasteiger partial charge in [0, 0.05) is 11.8 Å². The minimum Gasteiger partial charge on any atom is -0.394 e. The summed E-state index contributed by atoms with van der Waals surface area (Å²) in [6.07, 6.45) is -5.69. The number of ether oxygens (including phenoxy) is 1. The van der Waals surface area contributed by atoms with Gasteiger partial charge in [-0.3, -0.25) is 14.1 Å². The van der Waals surface area contributed by atoms with E-state index in [2.05, 4.69) is 18.1 Å². The lowest BCUT2D eigenvalue weighted by Gasteiger charge is -2.24. The molecule has 6 atom stereocenters. The van der Waals surface area contributed by atoms with Crippen molar-refractivity contribution in [2.75, 3.05) is 6.61 Å². The Bertz CT molecular complexity index is 1050. The second-order valence-corrected chi connectivity index (χ2v) is 10.7. The van der Waals surface area contributed by atoms with Gasteiger partial charge in [-0.05, 0) is 6.92 Å². The van der Waals surface area contributed by atoms with Gasteiger partial charge < -0.3 is 34.5 Å². The third-order valence-corrected chi connectivity index (χ3v) is 7.84. The smallest absolute Gasteiger partial charge is 0.394 e. The van der Waals surface area contributed by atoms with Gasteiger partial charge in [-0.15, -0.1) is 0 Å². The van der Waals surface area contributed by atoms with Gasteiger partial charge in [-0.2, -0.15) is 8.62 Å². The molecule has 0 radical (unpaired) electrons. The highest BCUT2D eigenvalue weighted by Gasteiger charge is 2.51. The largest absolute Gasteiger partial charge is 0.490 e. The topological polar surface area (TPSA) is 247 Å². The van der Waals surface area contributed by atoms with Crippen molar-refractivity contribution in [3.05, 3.63) is 26.9 Å². The molecule has 1 aliphatic heterocycles. The third-order valence-electron chi connectivity index (χ3n) is 3.58. The third kappa shape index (κ3) is 6.45. The zero-order chi connectivity index (χ0) is 23.1. The quantitative estimate of drug-likeness (QED) is 0.165. The number of hydrogen-bond acceptors (Lipinski definition) is 11. The average molecular weight is 514 g/mol. The Morgan fingerprint density at radius 3 is 2.33 bits per heavy atom. The standard InChI is InChI=1S/C10H17N2O14P3S/c1-4-2-12(10(15)11-8(4)30)9-7(6(14)5(3-13)23-9)24-28(19,20)26-29(21,22)25-27(16,17)18/h2,5-7,9,13-14H,3H2,1H3,(H,19,20)(H,21,22)(H,11,15,30)(H2,16,17,18)/t5-,6-,7?,9-/m1/s1. The van der Waals surface area contributed by atoms with E-state index in [0.29, 0.717) is 5.56 Å². The molecule has 1 aliphatic rings. The number of nitrogens with zero attached hydrogens (tertiary/aromatic N) is 1. The molecular formula is C10H17N2O14P3S. The van der Waals surface area contributed by atoms with E-state index in [1.54, 1.807) is 0 Å². The molecule has 3 unspecified atom stereocenters. The zero-order valence-electron chi connectivity index (χ0n) is 14.7. The van der Waals surface area contributed by atoms with Crippen LogP contribution in [0.4, 0.5) is 0 Å². The Hall–Kier alpha value is -0.610. The fraction of sp³-hybridized carbons (Fsp3) is 0.600. The first kappa shape index (κ1) is 25.6. The van der Waals surface area contributed by atoms with E-state index in [4.69, 9.17) is 26.7 Å². The predicted molar refractivity (Wildman–Crippen MR) is 96.4 cm³/mol. The van der Waals surface area contributed by atoms with Crippen LogP contribution < -0.4 is 5.69 Å². The first-order valence-corrected chi connectivity index (χ1v) is 12.6. The average Bonchev–Trinajstić information content (AvgIpc) is 2.83. The van der Waals surface area contributed by atoms with Crippen LogP contribution in [0.2, 0.25) is 0 Å². The van der Waals surface area contributed by atoms with Crippen LogP contribution >= 0.6 is 35.7 Å². The SMILES string of the molecule is Cc1cn([C@@H]2O[C@H](CO)[C@@H](O)C2OP(=O)(O)OP(=O)(O)OP(=O)(O)O)c(=O)[nH]c1=S. The summed E-state index contributed by atoms with van der Waals surface area (Å²) >= 11 is 4.89. The normalized spacial score (nSPS) is 28.8. The molecule has 1 fully saturated rings. The summed E-state index contributed by atoms with van der Waals surface area (Å²) in [6.45, 7) is 0.686. The van der Waals surface area contributed by atoms with Crippen LogP contribution in [0, 0.1) is 11.6 Å². The van der Waals surface area contributed by atoms with Crippen LogP contribution in [0.15, 0.2) is 11.0 Å². The number of phosphoric ester groups is 1. The lowest BCUT2D eigenvalue weighted by Crippen LogP contribution is -2.37. The molecule has 1 saturated heterocycles. The lowest BCUT2D eigenvalue weighted by atomic mass is 10.1. The summed E-state index contributed by atoms with van der Waals surface area (Å²) in [5.41, 5.74) is -0.534. The molecule has 16 nitrogen and oxygen atoms in total. The van der Waals surface area contributed by atoms with Crippen molar-refractivity contribution < 1.29 is 61.4 Å². The van der Waals surface area contributed by atoms with E-state index in [-0.39, 0.29) is 4.64 Å². The van der Waals surface area contributed by atoms with E-state index in [1.807, 2.05) is 0 Å². The maximum absolute atomic E-state index is 12.2. The highest BCUT2D eigenvalue weighted by atomic mass is 32.1. The first-order valence-electron chi connectivity index (χ1n) is 7.64. The van der Waals surface area contributed by atoms with E-state index in [0.717, 1.165) is 10.8 Å². The van der Waals surface area contributed by atoms with E-state index in [9.17, 15) is 38.5 Å². The maximum Gasteiger partial charge on any atom is 0.490 e. The molecule has 0 spiro atoms. The van der Waals surface area contributed by atoms with Crippen LogP contribution in [0.1, 0.15) is 11.8 Å². The molecule has 0 saturated carbocycles. The summed E-state index contributed by atoms with van der Waals surface area (Å²) in [5.74, 6) is 0. The van der Waals surface area contributed by atoms with E-state index in [1.165, 1.54) is 6.92 Å². The number of hydrogen-bond donors (Lipinski definition) is 7. The minimum atomic E-state index is -5.81. The maximum atomic E-state index is 12.2. The van der Waals surface area contributed by atoms with Crippen LogP contribution in [-0.4, -0.2) is 64.3 Å². The molecule has 1 aromatic rings. The van der Waals surface area contributed by atoms with Gasteiger partial charge in [0.1, 0.15) is 23.0 Å². The van der Waals surface area contributed by atoms with Crippen molar-refractivity contribution in [2.24, 2.45) is 0 Å². The monoisotopic (exact) mass is 514 g/mol. The molecule has 7 N–H and O–H groups in total. The Labute approximate surface area is 172 Å². The van der Waals surface area contributed by atoms with Crippen LogP contribution in [0.25, 0.3) is 0 Å². The van der Waals surface area contributed by atoms with Gasteiger partial charge in [-0.25, -0.2) is 18.5 Å². The van der Waals surface area contributed by atoms with Gasteiger partial charge in [0.2, 0.25) is 0 Å². The molecule has 0 aliphatic carbocycles. The number of aliphatic hydroxyl groups is 2. The summed E-state index contributed by atoms with van der Waals surface area (Å²) in [6, 6.07) is 0. The summed E-state index contributed by atoms with van der Waals surface area (Å²) in [4.78, 5) is 50.5. The van der Waals surface area contributed by atoms with Crippen LogP contribution in [0.3, 0.4) is 0 Å². The Balaban J connectivity index is 2.36. The van der Waals surface area contributed by atoms with Gasteiger partial charge >= 0.3 is 29.2 Å². The van der Waals surface area contributed by atoms with E-state index >= 15 is 0 Å². The van der Waals surface area contributed by atoms with E-state index < -0.39 is 60.3 Å². The van der Waals surface area contributed by atoms with Crippen molar-refractivity contribution in [1.29, 1.82) is 0 Å². The first-order chi connectivity index (χ1) is 13.6. The number of aryl methyl sites for hydroxylation is 1. The van der Waals surface area contributed by atoms with Crippen molar-refractivity contribution in [1.82, 2.24) is 9.55 Å². The second kappa shape index (κ2) is 9.10. The molecule has 0 bridgehead atoms. The second-order valence-electron chi connectivity index (χ2n) is 5.88. The van der Waals surface area contributed by atoms with Crippen molar-refractivity contribution in [2.45, 2.75) is 31.5 Å². The highest BCUT2D eigenvalue weighted by molar-refractivity contribution is 7.71. The molecule has 2 rings (SSSR count). The number of H-pyrrole nitrogens is 1. The van der Waals surface area contributed by atoms with Gasteiger partial charge in [0.25, 0.3) is 0 Å². The minimum absolute atomic E-state index is 0.0675. The van der Waals surface area contributed by atoms with Crippen molar-refractivity contribution in [3.63, 3.8) is 0 Å². The predicted octanol–water partition coefficient (Wildman–Crippen LogP) is -0.823. The Kier molecular flexibility index (Phi) is 7.78. The summed E-state index contributed by atoms with van der Waals surface area (Å²) < 4.78 is 52.2. The van der Waals surface area contributed by atoms with Crippen LogP contribution in [-0.2, 0) is 31.6 Å².